The number of carbonyl (C=O) groups excluding carboxylic acids is 2. The van der Waals surface area contributed by atoms with Crippen molar-refractivity contribution in [1.29, 1.82) is 0 Å². The minimum atomic E-state index is -0.534. The summed E-state index contributed by atoms with van der Waals surface area (Å²) >= 11 is 0. The molecule has 4 heteroatoms. The molecule has 0 aliphatic carbocycles. The molecule has 0 aromatic rings. The van der Waals surface area contributed by atoms with Gasteiger partial charge in [0.2, 0.25) is 0 Å². The molecule has 0 aromatic heterocycles. The molecule has 0 heterocycles. The number of hydrogen-bond acceptors (Lipinski definition) is 4. The van der Waals surface area contributed by atoms with Gasteiger partial charge in [0, 0.05) is 0 Å². The highest BCUT2D eigenvalue weighted by Gasteiger charge is 2.12. The zero-order valence-corrected chi connectivity index (χ0v) is 12.5. The highest BCUT2D eigenvalue weighted by Crippen LogP contribution is 2.19. The van der Waals surface area contributed by atoms with Gasteiger partial charge in [-0.1, -0.05) is 32.9 Å². The number of esters is 2. The third kappa shape index (κ3) is 9.28. The number of rotatable bonds is 9. The molecular weight excluding hydrogens is 244 g/mol. The molecule has 0 N–H and O–H groups in total. The van der Waals surface area contributed by atoms with E-state index >= 15 is 0 Å². The number of hydrogen-bond donors (Lipinski definition) is 0. The van der Waals surface area contributed by atoms with E-state index in [1.807, 2.05) is 0 Å². The Balaban J connectivity index is 3.75. The van der Waals surface area contributed by atoms with Crippen molar-refractivity contribution in [3.63, 3.8) is 0 Å². The summed E-state index contributed by atoms with van der Waals surface area (Å²) in [5.74, 6) is -0.152. The fraction of sp³-hybridized carbons (Fsp3) is 0.733. The lowest BCUT2D eigenvalue weighted by atomic mass is 9.93. The molecule has 1 unspecified atom stereocenters. The van der Waals surface area contributed by atoms with Gasteiger partial charge in [0.05, 0.1) is 13.2 Å². The third-order valence-electron chi connectivity index (χ3n) is 2.89. The van der Waals surface area contributed by atoms with Crippen LogP contribution in [0.3, 0.4) is 0 Å². The topological polar surface area (TPSA) is 52.6 Å². The second-order valence-electron chi connectivity index (χ2n) is 5.11. The van der Waals surface area contributed by atoms with Gasteiger partial charge >= 0.3 is 11.9 Å². The van der Waals surface area contributed by atoms with E-state index in [4.69, 9.17) is 4.74 Å². The predicted molar refractivity (Wildman–Crippen MR) is 74.6 cm³/mol. The lowest BCUT2D eigenvalue weighted by molar-refractivity contribution is -0.154. The van der Waals surface area contributed by atoms with Crippen LogP contribution in [0.5, 0.6) is 0 Å². The first kappa shape index (κ1) is 17.7. The summed E-state index contributed by atoms with van der Waals surface area (Å²) in [7, 11) is 0. The highest BCUT2D eigenvalue weighted by atomic mass is 16.6. The molecule has 0 aliphatic rings. The van der Waals surface area contributed by atoms with Crippen molar-refractivity contribution in [2.75, 3.05) is 13.2 Å². The van der Waals surface area contributed by atoms with E-state index in [2.05, 4.69) is 32.1 Å². The molecule has 110 valence electrons. The zero-order chi connectivity index (χ0) is 14.8. The quantitative estimate of drug-likeness (QED) is 0.367. The van der Waals surface area contributed by atoms with E-state index in [1.165, 1.54) is 5.57 Å². The Morgan fingerprint density at radius 2 is 1.68 bits per heavy atom. The van der Waals surface area contributed by atoms with Crippen LogP contribution >= 0.6 is 0 Å². The first-order valence-corrected chi connectivity index (χ1v) is 6.85. The lowest BCUT2D eigenvalue weighted by Gasteiger charge is -2.15. The van der Waals surface area contributed by atoms with Gasteiger partial charge in [-0.05, 0) is 31.6 Å². The van der Waals surface area contributed by atoms with Crippen LogP contribution in [-0.4, -0.2) is 25.2 Å². The van der Waals surface area contributed by atoms with Crippen LogP contribution in [-0.2, 0) is 19.1 Å². The first-order valence-electron chi connectivity index (χ1n) is 6.85. The van der Waals surface area contributed by atoms with Gasteiger partial charge in [0.1, 0.15) is 6.42 Å². The minimum Gasteiger partial charge on any atom is -0.466 e. The van der Waals surface area contributed by atoms with Crippen LogP contribution in [0.2, 0.25) is 0 Å². The molecule has 0 amide bonds. The van der Waals surface area contributed by atoms with Crippen molar-refractivity contribution in [2.45, 2.75) is 47.0 Å². The van der Waals surface area contributed by atoms with Crippen LogP contribution in [0.15, 0.2) is 12.2 Å². The molecule has 1 atom stereocenters. The van der Waals surface area contributed by atoms with Gasteiger partial charge in [-0.2, -0.15) is 0 Å². The minimum absolute atomic E-state index is 0.278. The second kappa shape index (κ2) is 9.59. The Morgan fingerprint density at radius 1 is 1.11 bits per heavy atom. The number of carbonyl (C=O) groups is 2. The molecular formula is C15H26O4. The van der Waals surface area contributed by atoms with Gasteiger partial charge in [-0.15, -0.1) is 0 Å². The van der Waals surface area contributed by atoms with Gasteiger partial charge in [0.15, 0.2) is 0 Å². The molecule has 0 saturated carbocycles. The van der Waals surface area contributed by atoms with Crippen molar-refractivity contribution >= 4 is 11.9 Å². The Hall–Kier alpha value is -1.32. The van der Waals surface area contributed by atoms with E-state index in [-0.39, 0.29) is 13.0 Å². The van der Waals surface area contributed by atoms with E-state index in [0.717, 1.165) is 12.8 Å². The molecule has 0 spiro atoms. The van der Waals surface area contributed by atoms with Gasteiger partial charge in [-0.25, -0.2) is 0 Å². The monoisotopic (exact) mass is 270 g/mol. The Kier molecular flexibility index (Phi) is 8.92. The first-order chi connectivity index (χ1) is 8.86. The second-order valence-corrected chi connectivity index (χ2v) is 5.11. The van der Waals surface area contributed by atoms with Gasteiger partial charge in [-0.3, -0.25) is 9.59 Å². The SMILES string of the molecule is C=C(CC(C)CCOC(=O)CC(=O)OCC)C(C)C. The van der Waals surface area contributed by atoms with Crippen molar-refractivity contribution < 1.29 is 19.1 Å². The van der Waals surface area contributed by atoms with E-state index in [0.29, 0.717) is 18.4 Å². The molecule has 0 rings (SSSR count). The zero-order valence-electron chi connectivity index (χ0n) is 12.5. The highest BCUT2D eigenvalue weighted by molar-refractivity contribution is 5.91. The summed E-state index contributed by atoms with van der Waals surface area (Å²) in [6.07, 6.45) is 1.41. The summed E-state index contributed by atoms with van der Waals surface area (Å²) < 4.78 is 9.67. The molecule has 4 nitrogen and oxygen atoms in total. The smallest absolute Gasteiger partial charge is 0.317 e. The molecule has 19 heavy (non-hydrogen) atoms. The lowest BCUT2D eigenvalue weighted by Crippen LogP contribution is -2.15. The average Bonchev–Trinajstić information content (AvgIpc) is 2.28. The number of ether oxygens (including phenoxy) is 2. The van der Waals surface area contributed by atoms with Crippen LogP contribution in [0.1, 0.15) is 47.0 Å². The van der Waals surface area contributed by atoms with Gasteiger partial charge < -0.3 is 9.47 Å². The fourth-order valence-corrected chi connectivity index (χ4v) is 1.54. The summed E-state index contributed by atoms with van der Waals surface area (Å²) in [6.45, 7) is 12.7. The van der Waals surface area contributed by atoms with E-state index < -0.39 is 11.9 Å². The predicted octanol–water partition coefficient (Wildman–Crippen LogP) is 3.11. The molecule has 0 aliphatic heterocycles. The van der Waals surface area contributed by atoms with E-state index in [9.17, 15) is 9.59 Å². The maximum Gasteiger partial charge on any atom is 0.317 e. The van der Waals surface area contributed by atoms with Crippen molar-refractivity contribution in [1.82, 2.24) is 0 Å². The molecule has 0 radical (unpaired) electrons. The van der Waals surface area contributed by atoms with Crippen molar-refractivity contribution in [3.05, 3.63) is 12.2 Å². The Labute approximate surface area is 116 Å². The normalized spacial score (nSPS) is 12.1. The molecule has 0 saturated heterocycles. The summed E-state index contributed by atoms with van der Waals surface area (Å²) in [6, 6.07) is 0. The molecule has 0 bridgehead atoms. The summed E-state index contributed by atoms with van der Waals surface area (Å²) in [4.78, 5) is 22.3. The molecule has 0 aromatic carbocycles. The summed E-state index contributed by atoms with van der Waals surface area (Å²) in [5, 5.41) is 0. The van der Waals surface area contributed by atoms with Crippen LogP contribution in [0.25, 0.3) is 0 Å². The Morgan fingerprint density at radius 3 is 2.21 bits per heavy atom. The number of allylic oxidation sites excluding steroid dienone is 1. The fourth-order valence-electron chi connectivity index (χ4n) is 1.54. The molecule has 0 fully saturated rings. The van der Waals surface area contributed by atoms with Crippen molar-refractivity contribution in [3.8, 4) is 0 Å². The third-order valence-corrected chi connectivity index (χ3v) is 2.89. The average molecular weight is 270 g/mol. The maximum absolute atomic E-state index is 11.3. The van der Waals surface area contributed by atoms with Crippen LogP contribution < -0.4 is 0 Å². The maximum atomic E-state index is 11.3. The van der Waals surface area contributed by atoms with Crippen LogP contribution in [0.4, 0.5) is 0 Å². The standard InChI is InChI=1S/C15H26O4/c1-6-18-14(16)10-15(17)19-8-7-12(4)9-13(5)11(2)3/h11-12H,5-10H2,1-4H3. The van der Waals surface area contributed by atoms with E-state index in [1.54, 1.807) is 6.92 Å². The summed E-state index contributed by atoms with van der Waals surface area (Å²) in [5.41, 5.74) is 1.21. The van der Waals surface area contributed by atoms with Crippen molar-refractivity contribution in [2.24, 2.45) is 11.8 Å². The van der Waals surface area contributed by atoms with Gasteiger partial charge in [0.25, 0.3) is 0 Å². The largest absolute Gasteiger partial charge is 0.466 e. The van der Waals surface area contributed by atoms with Crippen LogP contribution in [0, 0.1) is 11.8 Å². The Bertz CT molecular complexity index is 307.